The van der Waals surface area contributed by atoms with E-state index in [1.807, 2.05) is 30.5 Å². The van der Waals surface area contributed by atoms with Crippen LogP contribution in [0, 0.1) is 26.2 Å². The number of anilines is 1. The lowest BCUT2D eigenvalue weighted by Crippen LogP contribution is -2.26. The number of benzene rings is 2. The predicted octanol–water partition coefficient (Wildman–Crippen LogP) is 5.21. The zero-order valence-corrected chi connectivity index (χ0v) is 16.8. The number of hydrogen-bond donors (Lipinski definition) is 3. The Morgan fingerprint density at radius 1 is 1.04 bits per heavy atom. The minimum atomic E-state index is 0.0827. The molecule has 0 amide bonds. The molecule has 142 valence electrons. The third-order valence-corrected chi connectivity index (χ3v) is 5.91. The molecule has 0 saturated heterocycles. The molecule has 28 heavy (non-hydrogen) atoms. The molecule has 0 saturated carbocycles. The third kappa shape index (κ3) is 3.05. The Labute approximate surface area is 167 Å². The SMILES string of the molecule is Cc1ccc(O)c(N2CC(O)=C(c3nc(-c4ccc(C)c(C)c4)cs3)C2=N)c1. The van der Waals surface area contributed by atoms with Crippen molar-refractivity contribution in [1.82, 2.24) is 4.98 Å². The lowest BCUT2D eigenvalue weighted by Gasteiger charge is -2.20. The van der Waals surface area contributed by atoms with Gasteiger partial charge in [-0.1, -0.05) is 18.2 Å². The Bertz CT molecular complexity index is 1130. The molecule has 1 aromatic heterocycles. The summed E-state index contributed by atoms with van der Waals surface area (Å²) in [4.78, 5) is 6.27. The molecule has 2 aromatic carbocycles. The highest BCUT2D eigenvalue weighted by Crippen LogP contribution is 2.37. The normalized spacial score (nSPS) is 14.2. The van der Waals surface area contributed by atoms with E-state index in [-0.39, 0.29) is 23.9 Å². The van der Waals surface area contributed by atoms with E-state index in [2.05, 4.69) is 31.0 Å². The first kappa shape index (κ1) is 18.3. The van der Waals surface area contributed by atoms with Crippen molar-refractivity contribution in [1.29, 1.82) is 5.41 Å². The quantitative estimate of drug-likeness (QED) is 0.573. The van der Waals surface area contributed by atoms with Crippen molar-refractivity contribution in [3.63, 3.8) is 0 Å². The number of nitrogens with zero attached hydrogens (tertiary/aromatic N) is 2. The van der Waals surface area contributed by atoms with Gasteiger partial charge in [0.15, 0.2) is 0 Å². The lowest BCUT2D eigenvalue weighted by molar-refractivity contribution is 0.411. The van der Waals surface area contributed by atoms with Gasteiger partial charge >= 0.3 is 0 Å². The summed E-state index contributed by atoms with van der Waals surface area (Å²) in [5.41, 5.74) is 6.17. The van der Waals surface area contributed by atoms with Crippen molar-refractivity contribution >= 4 is 28.4 Å². The fraction of sp³-hybridized carbons (Fsp3) is 0.182. The number of hydrogen-bond acceptors (Lipinski definition) is 5. The van der Waals surface area contributed by atoms with Gasteiger partial charge in [0.05, 0.1) is 23.5 Å². The van der Waals surface area contributed by atoms with Crippen molar-refractivity contribution in [2.75, 3.05) is 11.4 Å². The molecule has 0 radical (unpaired) electrons. The third-order valence-electron chi connectivity index (χ3n) is 5.05. The second-order valence-electron chi connectivity index (χ2n) is 7.09. The summed E-state index contributed by atoms with van der Waals surface area (Å²) in [7, 11) is 0. The molecular formula is C22H21N3O2S. The highest BCUT2D eigenvalue weighted by atomic mass is 32.1. The fourth-order valence-electron chi connectivity index (χ4n) is 3.28. The van der Waals surface area contributed by atoms with E-state index in [0.717, 1.165) is 16.8 Å². The molecule has 5 nitrogen and oxygen atoms in total. The second kappa shape index (κ2) is 6.80. The molecule has 4 rings (SSSR count). The zero-order valence-electron chi connectivity index (χ0n) is 15.9. The van der Waals surface area contributed by atoms with E-state index in [9.17, 15) is 10.2 Å². The van der Waals surface area contributed by atoms with Crippen LogP contribution in [0.15, 0.2) is 47.5 Å². The second-order valence-corrected chi connectivity index (χ2v) is 7.94. The molecule has 0 fully saturated rings. The Morgan fingerprint density at radius 3 is 2.57 bits per heavy atom. The molecule has 0 spiro atoms. The van der Waals surface area contributed by atoms with Gasteiger partial charge in [0, 0.05) is 10.9 Å². The average molecular weight is 391 g/mol. The van der Waals surface area contributed by atoms with Crippen LogP contribution >= 0.6 is 11.3 Å². The van der Waals surface area contributed by atoms with E-state index in [1.165, 1.54) is 22.5 Å². The summed E-state index contributed by atoms with van der Waals surface area (Å²) < 4.78 is 0. The van der Waals surface area contributed by atoms with Crippen LogP contribution in [0.1, 0.15) is 21.7 Å². The molecular weight excluding hydrogens is 370 g/mol. The van der Waals surface area contributed by atoms with E-state index in [0.29, 0.717) is 16.3 Å². The maximum atomic E-state index is 10.5. The number of aryl methyl sites for hydroxylation is 3. The number of phenolic OH excluding ortho intramolecular Hbond substituents is 1. The molecule has 0 atom stereocenters. The van der Waals surface area contributed by atoms with Crippen molar-refractivity contribution in [3.05, 3.63) is 69.2 Å². The number of rotatable bonds is 3. The first-order valence-corrected chi connectivity index (χ1v) is 9.85. The van der Waals surface area contributed by atoms with Gasteiger partial charge in [-0.25, -0.2) is 4.98 Å². The van der Waals surface area contributed by atoms with Crippen molar-refractivity contribution in [2.45, 2.75) is 20.8 Å². The fourth-order valence-corrected chi connectivity index (χ4v) is 4.18. The summed E-state index contributed by atoms with van der Waals surface area (Å²) in [6.45, 7) is 6.21. The van der Waals surface area contributed by atoms with Crippen LogP contribution in [0.25, 0.3) is 16.8 Å². The van der Waals surface area contributed by atoms with Crippen LogP contribution in [0.4, 0.5) is 5.69 Å². The Balaban J connectivity index is 1.67. The molecule has 1 aliphatic heterocycles. The van der Waals surface area contributed by atoms with Crippen LogP contribution in [-0.2, 0) is 0 Å². The largest absolute Gasteiger partial charge is 0.510 e. The van der Waals surface area contributed by atoms with Crippen molar-refractivity contribution in [3.8, 4) is 17.0 Å². The van der Waals surface area contributed by atoms with Gasteiger partial charge in [-0.2, -0.15) is 0 Å². The van der Waals surface area contributed by atoms with Crippen LogP contribution < -0.4 is 4.90 Å². The van der Waals surface area contributed by atoms with Gasteiger partial charge < -0.3 is 15.1 Å². The maximum Gasteiger partial charge on any atom is 0.139 e. The lowest BCUT2D eigenvalue weighted by atomic mass is 10.1. The molecule has 6 heteroatoms. The molecule has 3 aromatic rings. The van der Waals surface area contributed by atoms with Gasteiger partial charge in [0.25, 0.3) is 0 Å². The molecule has 0 bridgehead atoms. The first-order valence-electron chi connectivity index (χ1n) is 8.97. The minimum Gasteiger partial charge on any atom is -0.510 e. The van der Waals surface area contributed by atoms with Gasteiger partial charge in [-0.05, 0) is 55.7 Å². The van der Waals surface area contributed by atoms with Crippen LogP contribution in [0.2, 0.25) is 0 Å². The monoisotopic (exact) mass is 391 g/mol. The van der Waals surface area contributed by atoms with E-state index in [4.69, 9.17) is 5.41 Å². The van der Waals surface area contributed by atoms with Gasteiger partial charge in [-0.15, -0.1) is 11.3 Å². The van der Waals surface area contributed by atoms with Crippen LogP contribution in [-0.4, -0.2) is 27.6 Å². The standard InChI is InChI=1S/C22H21N3O2S/c1-12-4-7-18(26)17(8-12)25-10-19(27)20(21(25)23)22-24-16(11-28-22)15-6-5-13(2)14(3)9-15/h4-9,11,23,26-27H,10H2,1-3H3. The molecule has 1 aliphatic rings. The number of thiazole rings is 1. The number of aromatic hydroxyl groups is 1. The van der Waals surface area contributed by atoms with E-state index >= 15 is 0 Å². The topological polar surface area (TPSA) is 80.4 Å². The van der Waals surface area contributed by atoms with Crippen LogP contribution in [0.5, 0.6) is 5.75 Å². The average Bonchev–Trinajstić information content (AvgIpc) is 3.24. The number of aliphatic hydroxyl groups excluding tert-OH is 1. The van der Waals surface area contributed by atoms with E-state index < -0.39 is 0 Å². The predicted molar refractivity (Wildman–Crippen MR) is 114 cm³/mol. The first-order chi connectivity index (χ1) is 13.3. The van der Waals surface area contributed by atoms with Crippen molar-refractivity contribution < 1.29 is 10.2 Å². The smallest absolute Gasteiger partial charge is 0.139 e. The summed E-state index contributed by atoms with van der Waals surface area (Å²) in [6.07, 6.45) is 0. The molecule has 2 heterocycles. The minimum absolute atomic E-state index is 0.0827. The molecule has 0 aliphatic carbocycles. The van der Waals surface area contributed by atoms with E-state index in [1.54, 1.807) is 11.0 Å². The van der Waals surface area contributed by atoms with Gasteiger partial charge in [0.1, 0.15) is 22.4 Å². The Morgan fingerprint density at radius 2 is 1.82 bits per heavy atom. The summed E-state index contributed by atoms with van der Waals surface area (Å²) in [6, 6.07) is 11.4. The van der Waals surface area contributed by atoms with Gasteiger partial charge in [0.2, 0.25) is 0 Å². The zero-order chi connectivity index (χ0) is 20.0. The highest BCUT2D eigenvalue weighted by molar-refractivity contribution is 7.11. The van der Waals surface area contributed by atoms with Crippen LogP contribution in [0.3, 0.4) is 0 Å². The maximum absolute atomic E-state index is 10.5. The summed E-state index contributed by atoms with van der Waals surface area (Å²) >= 11 is 1.40. The van der Waals surface area contributed by atoms with Gasteiger partial charge in [-0.3, -0.25) is 5.41 Å². The number of aromatic nitrogens is 1. The number of aliphatic hydroxyl groups is 1. The molecule has 0 unspecified atom stereocenters. The van der Waals surface area contributed by atoms with Crippen molar-refractivity contribution in [2.24, 2.45) is 0 Å². The summed E-state index contributed by atoms with van der Waals surface area (Å²) in [5, 5.41) is 31.9. The number of amidine groups is 1. The summed E-state index contributed by atoms with van der Waals surface area (Å²) in [5.74, 6) is 0.311. The Kier molecular flexibility index (Phi) is 4.43. The molecule has 3 N–H and O–H groups in total. The highest BCUT2D eigenvalue weighted by Gasteiger charge is 2.32. The number of nitrogens with one attached hydrogen (secondary N) is 1. The Hall–Kier alpha value is -3.12. The number of phenols is 1.